The van der Waals surface area contributed by atoms with Crippen LogP contribution in [0.25, 0.3) is 0 Å². The number of hydrazone groups is 1. The fourth-order valence-electron chi connectivity index (χ4n) is 8.42. The van der Waals surface area contributed by atoms with E-state index < -0.39 is 0 Å². The van der Waals surface area contributed by atoms with Crippen molar-refractivity contribution >= 4 is 5.71 Å². The fourth-order valence-corrected chi connectivity index (χ4v) is 8.42. The topological polar surface area (TPSA) is 56.8 Å². The van der Waals surface area contributed by atoms with Gasteiger partial charge in [0.25, 0.3) is 0 Å². The summed E-state index contributed by atoms with van der Waals surface area (Å²) in [6.07, 6.45) is 9.91. The molecule has 7 atom stereocenters. The summed E-state index contributed by atoms with van der Waals surface area (Å²) in [5, 5.41) is 4.23. The minimum Gasteiger partial charge on any atom is -0.348 e. The highest BCUT2D eigenvalue weighted by Crippen LogP contribution is 2.67. The second-order valence-electron chi connectivity index (χ2n) is 10.6. The molecule has 4 saturated carbocycles. The van der Waals surface area contributed by atoms with Crippen LogP contribution in [0.3, 0.4) is 0 Å². The van der Waals surface area contributed by atoms with Crippen LogP contribution < -0.4 is 5.84 Å². The van der Waals surface area contributed by atoms with E-state index in [0.29, 0.717) is 5.41 Å². The maximum Gasteiger partial charge on any atom is 0.168 e. The molecule has 1 heterocycles. The lowest BCUT2D eigenvalue weighted by atomic mass is 9.43. The molecule has 4 aliphatic carbocycles. The van der Waals surface area contributed by atoms with E-state index in [2.05, 4.69) is 25.9 Å². The van der Waals surface area contributed by atoms with Crippen LogP contribution in [0.2, 0.25) is 0 Å². The predicted octanol–water partition coefficient (Wildman–Crippen LogP) is 4.33. The molecule has 0 amide bonds. The Hall–Kier alpha value is -0.610. The van der Waals surface area contributed by atoms with Crippen molar-refractivity contribution in [1.82, 2.24) is 0 Å². The van der Waals surface area contributed by atoms with Crippen molar-refractivity contribution in [3.8, 4) is 0 Å². The molecule has 2 N–H and O–H groups in total. The number of fused-ring (bicyclic) bond motifs is 5. The van der Waals surface area contributed by atoms with E-state index in [1.54, 1.807) is 0 Å². The first-order valence-corrected chi connectivity index (χ1v) is 11.0. The third kappa shape index (κ3) is 2.18. The Morgan fingerprint density at radius 2 is 1.77 bits per heavy atom. The van der Waals surface area contributed by atoms with Crippen LogP contribution in [0, 0.1) is 40.4 Å². The SMILES string of the molecule is CC1CC2C3CCC(=NN)C3(C)CCC2C2(C)CCC3(CC12)OCCO3. The van der Waals surface area contributed by atoms with Gasteiger partial charge in [0.05, 0.1) is 13.2 Å². The summed E-state index contributed by atoms with van der Waals surface area (Å²) < 4.78 is 12.2. The zero-order chi connectivity index (χ0) is 18.2. The number of hydrogen-bond acceptors (Lipinski definition) is 4. The van der Waals surface area contributed by atoms with Gasteiger partial charge >= 0.3 is 0 Å². The van der Waals surface area contributed by atoms with Gasteiger partial charge in [0.1, 0.15) is 0 Å². The lowest BCUT2D eigenvalue weighted by molar-refractivity contribution is -0.237. The summed E-state index contributed by atoms with van der Waals surface area (Å²) in [7, 11) is 0. The molecule has 0 bridgehead atoms. The number of nitrogens with two attached hydrogens (primary N) is 1. The average Bonchev–Trinajstić information content (AvgIpc) is 3.21. The molecule has 5 aliphatic rings. The van der Waals surface area contributed by atoms with E-state index in [4.69, 9.17) is 15.3 Å². The Bertz CT molecular complexity index is 613. The largest absolute Gasteiger partial charge is 0.348 e. The van der Waals surface area contributed by atoms with E-state index in [1.165, 1.54) is 37.8 Å². The highest BCUT2D eigenvalue weighted by Gasteiger charge is 2.63. The summed E-state index contributed by atoms with van der Waals surface area (Å²) in [5.41, 5.74) is 2.02. The highest BCUT2D eigenvalue weighted by atomic mass is 16.7. The minimum atomic E-state index is -0.249. The monoisotopic (exact) mass is 360 g/mol. The van der Waals surface area contributed by atoms with Crippen molar-refractivity contribution in [3.63, 3.8) is 0 Å². The van der Waals surface area contributed by atoms with E-state index in [-0.39, 0.29) is 11.2 Å². The molecule has 0 aromatic heterocycles. The Labute approximate surface area is 158 Å². The van der Waals surface area contributed by atoms with Crippen LogP contribution in [0.5, 0.6) is 0 Å². The molecule has 5 rings (SSSR count). The van der Waals surface area contributed by atoms with Gasteiger partial charge < -0.3 is 15.3 Å². The minimum absolute atomic E-state index is 0.249. The molecule has 7 unspecified atom stereocenters. The molecular weight excluding hydrogens is 324 g/mol. The molecule has 0 aromatic rings. The van der Waals surface area contributed by atoms with Crippen LogP contribution >= 0.6 is 0 Å². The molecule has 0 radical (unpaired) electrons. The quantitative estimate of drug-likeness (QED) is 0.516. The van der Waals surface area contributed by atoms with E-state index >= 15 is 0 Å². The first-order chi connectivity index (χ1) is 12.4. The Morgan fingerprint density at radius 3 is 2.50 bits per heavy atom. The van der Waals surface area contributed by atoms with Crippen LogP contribution in [-0.4, -0.2) is 24.7 Å². The maximum atomic E-state index is 6.12. The molecule has 26 heavy (non-hydrogen) atoms. The second kappa shape index (κ2) is 5.70. The lowest BCUT2D eigenvalue weighted by Gasteiger charge is -2.63. The molecular formula is C22H36N2O2. The van der Waals surface area contributed by atoms with Gasteiger partial charge in [-0.3, -0.25) is 0 Å². The van der Waals surface area contributed by atoms with Crippen molar-refractivity contribution < 1.29 is 9.47 Å². The van der Waals surface area contributed by atoms with Gasteiger partial charge in [0, 0.05) is 24.0 Å². The summed E-state index contributed by atoms with van der Waals surface area (Å²) in [5.74, 6) is 9.53. The maximum absolute atomic E-state index is 6.12. The first kappa shape index (κ1) is 17.5. The summed E-state index contributed by atoms with van der Waals surface area (Å²) in [6.45, 7) is 9.15. The Kier molecular flexibility index (Phi) is 3.83. The number of rotatable bonds is 0. The average molecular weight is 361 g/mol. The third-order valence-electron chi connectivity index (χ3n) is 9.75. The van der Waals surface area contributed by atoms with Gasteiger partial charge in [-0.05, 0) is 73.5 Å². The van der Waals surface area contributed by atoms with Gasteiger partial charge in [0.15, 0.2) is 5.79 Å². The van der Waals surface area contributed by atoms with Crippen molar-refractivity contribution in [1.29, 1.82) is 0 Å². The van der Waals surface area contributed by atoms with Gasteiger partial charge in [-0.25, -0.2) is 0 Å². The van der Waals surface area contributed by atoms with E-state index in [1.807, 2.05) is 0 Å². The van der Waals surface area contributed by atoms with Gasteiger partial charge in [-0.1, -0.05) is 20.8 Å². The Morgan fingerprint density at radius 1 is 1.00 bits per heavy atom. The van der Waals surface area contributed by atoms with Crippen LogP contribution in [0.1, 0.15) is 72.1 Å². The zero-order valence-electron chi connectivity index (χ0n) is 16.8. The molecule has 1 spiro atoms. The molecule has 5 fully saturated rings. The number of hydrogen-bond donors (Lipinski definition) is 1. The van der Waals surface area contributed by atoms with Crippen molar-refractivity contribution in [2.75, 3.05) is 13.2 Å². The van der Waals surface area contributed by atoms with Crippen LogP contribution in [0.4, 0.5) is 0 Å². The van der Waals surface area contributed by atoms with Gasteiger partial charge in [-0.2, -0.15) is 5.10 Å². The van der Waals surface area contributed by atoms with Crippen molar-refractivity contribution in [2.24, 2.45) is 51.4 Å². The molecule has 1 saturated heterocycles. The third-order valence-corrected chi connectivity index (χ3v) is 9.75. The van der Waals surface area contributed by atoms with E-state index in [0.717, 1.165) is 62.1 Å². The smallest absolute Gasteiger partial charge is 0.168 e. The molecule has 146 valence electrons. The van der Waals surface area contributed by atoms with E-state index in [9.17, 15) is 0 Å². The summed E-state index contributed by atoms with van der Waals surface area (Å²) in [4.78, 5) is 0. The molecule has 4 heteroatoms. The van der Waals surface area contributed by atoms with Gasteiger partial charge in [0.2, 0.25) is 0 Å². The number of nitrogens with zero attached hydrogens (tertiary/aromatic N) is 1. The zero-order valence-corrected chi connectivity index (χ0v) is 16.8. The Balaban J connectivity index is 1.45. The lowest BCUT2D eigenvalue weighted by Crippen LogP contribution is -2.58. The molecule has 0 aromatic carbocycles. The molecule has 4 nitrogen and oxygen atoms in total. The van der Waals surface area contributed by atoms with Crippen LogP contribution in [0.15, 0.2) is 5.10 Å². The summed E-state index contributed by atoms with van der Waals surface area (Å²) in [6, 6.07) is 0. The van der Waals surface area contributed by atoms with Crippen LogP contribution in [-0.2, 0) is 9.47 Å². The highest BCUT2D eigenvalue weighted by molar-refractivity contribution is 5.92. The van der Waals surface area contributed by atoms with Crippen molar-refractivity contribution in [2.45, 2.75) is 77.9 Å². The first-order valence-electron chi connectivity index (χ1n) is 11.0. The fraction of sp³-hybridized carbons (Fsp3) is 0.955. The van der Waals surface area contributed by atoms with Crippen molar-refractivity contribution in [3.05, 3.63) is 0 Å². The van der Waals surface area contributed by atoms with Gasteiger partial charge in [-0.15, -0.1) is 0 Å². The normalized spacial score (nSPS) is 54.1. The summed E-state index contributed by atoms with van der Waals surface area (Å²) >= 11 is 0. The number of ether oxygens (including phenoxy) is 2. The predicted molar refractivity (Wildman–Crippen MR) is 103 cm³/mol. The second-order valence-corrected chi connectivity index (χ2v) is 10.6. The standard InChI is InChI=1S/C22H36N2O2/c1-14-12-15-16-4-5-19(24-23)21(16,3)7-6-17(15)20(2)8-9-22(13-18(14)20)25-10-11-26-22/h14-18H,4-13,23H2,1-3H3. The molecule has 1 aliphatic heterocycles.